The molecular weight excluding hydrogens is 328 g/mol. The van der Waals surface area contributed by atoms with Crippen LogP contribution in [0.25, 0.3) is 0 Å². The summed E-state index contributed by atoms with van der Waals surface area (Å²) < 4.78 is 22.8. The topological polar surface area (TPSA) is 99.7 Å². The Labute approximate surface area is 145 Å². The van der Waals surface area contributed by atoms with Gasteiger partial charge in [0, 0.05) is 25.0 Å². The highest BCUT2D eigenvalue weighted by molar-refractivity contribution is 7.91. The second-order valence-electron chi connectivity index (χ2n) is 6.66. The molecule has 1 saturated carbocycles. The fraction of sp³-hybridized carbons (Fsp3) is 0.875. The van der Waals surface area contributed by atoms with E-state index in [-0.39, 0.29) is 29.9 Å². The van der Waals surface area contributed by atoms with E-state index in [1.807, 2.05) is 6.92 Å². The quantitative estimate of drug-likeness (QED) is 0.476. The highest BCUT2D eigenvalue weighted by atomic mass is 32.2. The Kier molecular flexibility index (Phi) is 7.33. The van der Waals surface area contributed by atoms with Crippen molar-refractivity contribution in [2.24, 2.45) is 4.99 Å². The molecule has 0 bridgehead atoms. The van der Waals surface area contributed by atoms with E-state index >= 15 is 0 Å². The van der Waals surface area contributed by atoms with E-state index in [1.165, 1.54) is 32.1 Å². The second kappa shape index (κ2) is 9.25. The first-order valence-electron chi connectivity index (χ1n) is 9.03. The zero-order valence-electron chi connectivity index (χ0n) is 14.5. The minimum Gasteiger partial charge on any atom is -0.357 e. The minimum atomic E-state index is -2.96. The summed E-state index contributed by atoms with van der Waals surface area (Å²) in [5.41, 5.74) is 0. The molecule has 0 spiro atoms. The molecular formula is C16H30N4O3S. The Morgan fingerprint density at radius 1 is 1.08 bits per heavy atom. The number of nitrogens with one attached hydrogen (secondary N) is 3. The van der Waals surface area contributed by atoms with E-state index in [1.54, 1.807) is 0 Å². The Balaban J connectivity index is 1.73. The summed E-state index contributed by atoms with van der Waals surface area (Å²) >= 11 is 0. The minimum absolute atomic E-state index is 0.0634. The molecule has 3 N–H and O–H groups in total. The number of carbonyl (C=O) groups excluding carboxylic acids is 1. The van der Waals surface area contributed by atoms with Crippen LogP contribution in [0.1, 0.15) is 51.9 Å². The molecule has 0 aromatic carbocycles. The van der Waals surface area contributed by atoms with Crippen LogP contribution in [-0.2, 0) is 14.6 Å². The van der Waals surface area contributed by atoms with Gasteiger partial charge < -0.3 is 16.0 Å². The first-order valence-corrected chi connectivity index (χ1v) is 10.9. The number of nitrogens with zero attached hydrogens (tertiary/aromatic N) is 1. The van der Waals surface area contributed by atoms with Gasteiger partial charge >= 0.3 is 0 Å². The van der Waals surface area contributed by atoms with Crippen molar-refractivity contribution in [3.63, 3.8) is 0 Å². The van der Waals surface area contributed by atoms with Gasteiger partial charge in [0.15, 0.2) is 15.8 Å². The fourth-order valence-corrected chi connectivity index (χ4v) is 4.91. The molecule has 0 aromatic heterocycles. The Bertz CT molecular complexity index is 542. The van der Waals surface area contributed by atoms with E-state index in [0.717, 1.165) is 12.5 Å². The maximum Gasteiger partial charge on any atom is 0.222 e. The molecule has 1 heterocycles. The molecule has 2 aliphatic rings. The summed E-state index contributed by atoms with van der Waals surface area (Å²) in [6.45, 7) is 3.20. The van der Waals surface area contributed by atoms with Crippen LogP contribution in [0.2, 0.25) is 0 Å². The summed E-state index contributed by atoms with van der Waals surface area (Å²) in [4.78, 5) is 16.4. The monoisotopic (exact) mass is 358 g/mol. The van der Waals surface area contributed by atoms with Gasteiger partial charge in [-0.15, -0.1) is 0 Å². The van der Waals surface area contributed by atoms with Crippen LogP contribution in [0, 0.1) is 0 Å². The molecule has 0 aromatic rings. The molecule has 2 rings (SSSR count). The van der Waals surface area contributed by atoms with Gasteiger partial charge in [-0.25, -0.2) is 8.42 Å². The van der Waals surface area contributed by atoms with Crippen molar-refractivity contribution in [1.82, 2.24) is 16.0 Å². The number of amides is 1. The summed E-state index contributed by atoms with van der Waals surface area (Å²) in [7, 11) is -2.96. The summed E-state index contributed by atoms with van der Waals surface area (Å²) in [5, 5.41) is 9.45. The highest BCUT2D eigenvalue weighted by Crippen LogP contribution is 2.17. The van der Waals surface area contributed by atoms with E-state index in [9.17, 15) is 13.2 Å². The lowest BCUT2D eigenvalue weighted by atomic mass is 9.96. The van der Waals surface area contributed by atoms with Crippen molar-refractivity contribution >= 4 is 21.7 Å². The van der Waals surface area contributed by atoms with Gasteiger partial charge in [-0.1, -0.05) is 19.3 Å². The second-order valence-corrected chi connectivity index (χ2v) is 8.89. The molecule has 1 aliphatic carbocycles. The SMILES string of the molecule is CCNC(=NCCC(=O)NC1CCS(=O)(=O)C1)NC1CCCCC1. The highest BCUT2D eigenvalue weighted by Gasteiger charge is 2.28. The van der Waals surface area contributed by atoms with Crippen LogP contribution in [0.3, 0.4) is 0 Å². The van der Waals surface area contributed by atoms with Gasteiger partial charge in [-0.3, -0.25) is 9.79 Å². The average molecular weight is 359 g/mol. The number of aliphatic imine (C=N–C) groups is 1. The normalized spacial score (nSPS) is 24.5. The molecule has 1 saturated heterocycles. The Morgan fingerprint density at radius 2 is 1.83 bits per heavy atom. The molecule has 7 nitrogen and oxygen atoms in total. The van der Waals surface area contributed by atoms with Gasteiger partial charge in [0.05, 0.1) is 18.1 Å². The first-order chi connectivity index (χ1) is 11.5. The predicted molar refractivity (Wildman–Crippen MR) is 95.8 cm³/mol. The van der Waals surface area contributed by atoms with Gasteiger partial charge in [0.25, 0.3) is 0 Å². The van der Waals surface area contributed by atoms with Gasteiger partial charge in [0.1, 0.15) is 0 Å². The van der Waals surface area contributed by atoms with Crippen LogP contribution < -0.4 is 16.0 Å². The third-order valence-corrected chi connectivity index (χ3v) is 6.26. The van der Waals surface area contributed by atoms with Crippen molar-refractivity contribution in [3.05, 3.63) is 0 Å². The molecule has 1 unspecified atom stereocenters. The van der Waals surface area contributed by atoms with E-state index in [0.29, 0.717) is 19.0 Å². The first kappa shape index (κ1) is 19.0. The molecule has 2 fully saturated rings. The molecule has 1 aliphatic heterocycles. The van der Waals surface area contributed by atoms with Crippen molar-refractivity contribution < 1.29 is 13.2 Å². The number of hydrogen-bond acceptors (Lipinski definition) is 4. The van der Waals surface area contributed by atoms with Crippen LogP contribution >= 0.6 is 0 Å². The fourth-order valence-electron chi connectivity index (χ4n) is 3.24. The predicted octanol–water partition coefficient (Wildman–Crippen LogP) is 0.568. The maximum atomic E-state index is 11.9. The molecule has 24 heavy (non-hydrogen) atoms. The van der Waals surface area contributed by atoms with Gasteiger partial charge in [0.2, 0.25) is 5.91 Å². The number of rotatable bonds is 6. The maximum absolute atomic E-state index is 11.9. The number of carbonyl (C=O) groups is 1. The van der Waals surface area contributed by atoms with Crippen LogP contribution in [-0.4, -0.2) is 57.0 Å². The molecule has 1 amide bonds. The summed E-state index contributed by atoms with van der Waals surface area (Å²) in [5.74, 6) is 0.870. The van der Waals surface area contributed by atoms with Gasteiger partial charge in [-0.2, -0.15) is 0 Å². The lowest BCUT2D eigenvalue weighted by Crippen LogP contribution is -2.44. The van der Waals surface area contributed by atoms with Crippen LogP contribution in [0.5, 0.6) is 0 Å². The lowest BCUT2D eigenvalue weighted by Gasteiger charge is -2.24. The third kappa shape index (κ3) is 6.67. The smallest absolute Gasteiger partial charge is 0.222 e. The largest absolute Gasteiger partial charge is 0.357 e. The third-order valence-electron chi connectivity index (χ3n) is 4.50. The van der Waals surface area contributed by atoms with Crippen molar-refractivity contribution in [2.75, 3.05) is 24.6 Å². The summed E-state index contributed by atoms with van der Waals surface area (Å²) in [6, 6.07) is 0.231. The zero-order valence-corrected chi connectivity index (χ0v) is 15.3. The van der Waals surface area contributed by atoms with E-state index < -0.39 is 9.84 Å². The number of guanidine groups is 1. The average Bonchev–Trinajstić information content (AvgIpc) is 2.87. The summed E-state index contributed by atoms with van der Waals surface area (Å²) in [6.07, 6.45) is 6.94. The molecule has 0 radical (unpaired) electrons. The zero-order chi connectivity index (χ0) is 17.4. The van der Waals surface area contributed by atoms with Crippen LogP contribution in [0.15, 0.2) is 4.99 Å². The number of hydrogen-bond donors (Lipinski definition) is 3. The lowest BCUT2D eigenvalue weighted by molar-refractivity contribution is -0.121. The van der Waals surface area contributed by atoms with Crippen molar-refractivity contribution in [2.45, 2.75) is 64.0 Å². The van der Waals surface area contributed by atoms with Gasteiger partial charge in [-0.05, 0) is 26.2 Å². The Morgan fingerprint density at radius 3 is 2.46 bits per heavy atom. The van der Waals surface area contributed by atoms with Crippen molar-refractivity contribution in [1.29, 1.82) is 0 Å². The van der Waals surface area contributed by atoms with Crippen LogP contribution in [0.4, 0.5) is 0 Å². The van der Waals surface area contributed by atoms with Crippen molar-refractivity contribution in [3.8, 4) is 0 Å². The molecule has 8 heteroatoms. The standard InChI is InChI=1S/C16H30N4O3S/c1-2-17-16(20-13-6-4-3-5-7-13)18-10-8-15(21)19-14-9-11-24(22,23)12-14/h13-14H,2-12H2,1H3,(H,19,21)(H2,17,18,20). The van der Waals surface area contributed by atoms with E-state index in [2.05, 4.69) is 20.9 Å². The van der Waals surface area contributed by atoms with E-state index in [4.69, 9.17) is 0 Å². The Hall–Kier alpha value is -1.31. The molecule has 138 valence electrons. The molecule has 1 atom stereocenters. The number of sulfone groups is 1.